The van der Waals surface area contributed by atoms with E-state index in [4.69, 9.17) is 17.2 Å². The van der Waals surface area contributed by atoms with Crippen LogP contribution in [0.15, 0.2) is 4.99 Å². The van der Waals surface area contributed by atoms with Gasteiger partial charge in [-0.1, -0.05) is 0 Å². The molecule has 0 aliphatic heterocycles. The van der Waals surface area contributed by atoms with E-state index in [1.165, 1.54) is 0 Å². The van der Waals surface area contributed by atoms with Gasteiger partial charge in [0.2, 0.25) is 0 Å². The van der Waals surface area contributed by atoms with Crippen LogP contribution in [0.1, 0.15) is 12.8 Å². The third-order valence-electron chi connectivity index (χ3n) is 1.74. The zero-order chi connectivity index (χ0) is 10.1. The van der Waals surface area contributed by atoms with Crippen molar-refractivity contribution < 1.29 is 0 Å². The van der Waals surface area contributed by atoms with Gasteiger partial charge in [0, 0.05) is 6.54 Å². The molecule has 0 radical (unpaired) electrons. The third-order valence-corrected chi connectivity index (χ3v) is 1.74. The third kappa shape index (κ3) is 9.10. The molecule has 13 heavy (non-hydrogen) atoms. The van der Waals surface area contributed by atoms with Crippen molar-refractivity contribution in [3.63, 3.8) is 0 Å². The maximum Gasteiger partial charge on any atom is 0.185 e. The number of nitrogens with zero attached hydrogens (tertiary/aromatic N) is 2. The minimum absolute atomic E-state index is 0.171. The van der Waals surface area contributed by atoms with Gasteiger partial charge >= 0.3 is 0 Å². The zero-order valence-corrected chi connectivity index (χ0v) is 8.37. The predicted octanol–water partition coefficient (Wildman–Crippen LogP) is -1.07. The summed E-state index contributed by atoms with van der Waals surface area (Å²) >= 11 is 0. The first kappa shape index (κ1) is 12.2. The summed E-state index contributed by atoms with van der Waals surface area (Å²) in [4.78, 5) is 6.13. The smallest absolute Gasteiger partial charge is 0.185 e. The average molecular weight is 187 g/mol. The molecule has 5 heteroatoms. The van der Waals surface area contributed by atoms with Crippen LogP contribution in [0.2, 0.25) is 0 Å². The van der Waals surface area contributed by atoms with E-state index in [0.717, 1.165) is 32.5 Å². The van der Waals surface area contributed by atoms with Gasteiger partial charge in [-0.3, -0.25) is 4.99 Å². The van der Waals surface area contributed by atoms with Crippen molar-refractivity contribution in [2.24, 2.45) is 22.2 Å². The van der Waals surface area contributed by atoms with Crippen molar-refractivity contribution >= 4 is 5.96 Å². The Bertz CT molecular complexity index is 141. The second-order valence-electron chi connectivity index (χ2n) is 3.11. The fourth-order valence-electron chi connectivity index (χ4n) is 1.02. The molecule has 0 unspecified atom stereocenters. The van der Waals surface area contributed by atoms with Crippen molar-refractivity contribution in [2.75, 3.05) is 33.2 Å². The SMILES string of the molecule is CN(CCCN)CCCN=C(N)N. The Morgan fingerprint density at radius 1 is 1.23 bits per heavy atom. The van der Waals surface area contributed by atoms with Crippen LogP contribution in [0.3, 0.4) is 0 Å². The summed E-state index contributed by atoms with van der Waals surface area (Å²) < 4.78 is 0. The molecule has 0 saturated carbocycles. The number of nitrogens with two attached hydrogens (primary N) is 3. The van der Waals surface area contributed by atoms with Gasteiger partial charge in [-0.05, 0) is 39.5 Å². The molecule has 0 aromatic carbocycles. The van der Waals surface area contributed by atoms with Crippen molar-refractivity contribution in [2.45, 2.75) is 12.8 Å². The summed E-state index contributed by atoms with van der Waals surface area (Å²) in [5.74, 6) is 0.171. The number of hydrogen-bond acceptors (Lipinski definition) is 3. The Morgan fingerprint density at radius 3 is 2.38 bits per heavy atom. The zero-order valence-electron chi connectivity index (χ0n) is 8.37. The molecule has 0 amide bonds. The summed E-state index contributed by atoms with van der Waals surface area (Å²) in [7, 11) is 2.07. The van der Waals surface area contributed by atoms with Crippen LogP contribution in [0.5, 0.6) is 0 Å². The van der Waals surface area contributed by atoms with E-state index in [1.54, 1.807) is 0 Å². The molecule has 0 rings (SSSR count). The molecule has 0 fully saturated rings. The highest BCUT2D eigenvalue weighted by molar-refractivity contribution is 5.75. The number of rotatable bonds is 7. The highest BCUT2D eigenvalue weighted by Crippen LogP contribution is 1.89. The molecule has 0 spiro atoms. The lowest BCUT2D eigenvalue weighted by Gasteiger charge is -2.14. The molecular weight excluding hydrogens is 166 g/mol. The Morgan fingerprint density at radius 2 is 1.85 bits per heavy atom. The topological polar surface area (TPSA) is 93.7 Å². The average Bonchev–Trinajstić information content (AvgIpc) is 2.08. The minimum atomic E-state index is 0.171. The van der Waals surface area contributed by atoms with Gasteiger partial charge in [-0.15, -0.1) is 0 Å². The normalized spacial score (nSPS) is 10.4. The quantitative estimate of drug-likeness (QED) is 0.269. The van der Waals surface area contributed by atoms with Gasteiger partial charge in [-0.2, -0.15) is 0 Å². The first-order chi connectivity index (χ1) is 6.16. The highest BCUT2D eigenvalue weighted by atomic mass is 15.1. The first-order valence-corrected chi connectivity index (χ1v) is 4.61. The number of guanidine groups is 1. The van der Waals surface area contributed by atoms with Crippen LogP contribution in [0.25, 0.3) is 0 Å². The standard InChI is InChI=1S/C8H21N5/c1-13(6-2-4-9)7-3-5-12-8(10)11/h2-7,9H2,1H3,(H4,10,11,12). The Kier molecular flexibility index (Phi) is 7.33. The molecule has 0 aliphatic rings. The van der Waals surface area contributed by atoms with E-state index in [9.17, 15) is 0 Å². The van der Waals surface area contributed by atoms with Crippen molar-refractivity contribution in [3.8, 4) is 0 Å². The van der Waals surface area contributed by atoms with Gasteiger partial charge in [-0.25, -0.2) is 0 Å². The summed E-state index contributed by atoms with van der Waals surface area (Å²) in [6, 6.07) is 0. The molecule has 0 saturated heterocycles. The van der Waals surface area contributed by atoms with Gasteiger partial charge in [0.05, 0.1) is 0 Å². The Balaban J connectivity index is 3.26. The van der Waals surface area contributed by atoms with Crippen LogP contribution in [-0.2, 0) is 0 Å². The van der Waals surface area contributed by atoms with E-state index < -0.39 is 0 Å². The van der Waals surface area contributed by atoms with Gasteiger partial charge in [0.1, 0.15) is 0 Å². The Hall–Kier alpha value is -0.810. The van der Waals surface area contributed by atoms with Crippen LogP contribution in [0.4, 0.5) is 0 Å². The van der Waals surface area contributed by atoms with Gasteiger partial charge in [0.15, 0.2) is 5.96 Å². The summed E-state index contributed by atoms with van der Waals surface area (Å²) in [6.07, 6.45) is 2.03. The van der Waals surface area contributed by atoms with Crippen molar-refractivity contribution in [3.05, 3.63) is 0 Å². The number of hydrogen-bond donors (Lipinski definition) is 3. The summed E-state index contributed by atoms with van der Waals surface area (Å²) in [5, 5.41) is 0. The van der Waals surface area contributed by atoms with E-state index in [2.05, 4.69) is 16.9 Å². The van der Waals surface area contributed by atoms with Crippen molar-refractivity contribution in [1.82, 2.24) is 4.90 Å². The second kappa shape index (κ2) is 7.82. The number of aliphatic imine (C=N–C) groups is 1. The molecule has 78 valence electrons. The minimum Gasteiger partial charge on any atom is -0.370 e. The van der Waals surface area contributed by atoms with Crippen LogP contribution < -0.4 is 17.2 Å². The molecule has 0 aliphatic carbocycles. The molecule has 0 atom stereocenters. The van der Waals surface area contributed by atoms with Crippen molar-refractivity contribution in [1.29, 1.82) is 0 Å². The molecule has 5 nitrogen and oxygen atoms in total. The largest absolute Gasteiger partial charge is 0.370 e. The molecule has 0 bridgehead atoms. The van der Waals surface area contributed by atoms with Crippen LogP contribution in [0, 0.1) is 0 Å². The lowest BCUT2D eigenvalue weighted by molar-refractivity contribution is 0.329. The fraction of sp³-hybridized carbons (Fsp3) is 0.875. The second-order valence-corrected chi connectivity index (χ2v) is 3.11. The van der Waals surface area contributed by atoms with Gasteiger partial charge < -0.3 is 22.1 Å². The van der Waals surface area contributed by atoms with Crippen LogP contribution >= 0.6 is 0 Å². The Labute approximate surface area is 80.0 Å². The van der Waals surface area contributed by atoms with Gasteiger partial charge in [0.25, 0.3) is 0 Å². The first-order valence-electron chi connectivity index (χ1n) is 4.61. The molecule has 0 heterocycles. The maximum atomic E-state index is 5.39. The van der Waals surface area contributed by atoms with E-state index in [0.29, 0.717) is 6.54 Å². The summed E-state index contributed by atoms with van der Waals surface area (Å²) in [5.41, 5.74) is 15.8. The highest BCUT2D eigenvalue weighted by Gasteiger charge is 1.95. The fourth-order valence-corrected chi connectivity index (χ4v) is 1.02. The molecule has 6 N–H and O–H groups in total. The monoisotopic (exact) mass is 187 g/mol. The molecular formula is C8H21N5. The van der Waals surface area contributed by atoms with E-state index >= 15 is 0 Å². The van der Waals surface area contributed by atoms with E-state index in [-0.39, 0.29) is 5.96 Å². The van der Waals surface area contributed by atoms with Crippen LogP contribution in [-0.4, -0.2) is 44.1 Å². The lowest BCUT2D eigenvalue weighted by atomic mass is 10.3. The maximum absolute atomic E-state index is 5.39. The lowest BCUT2D eigenvalue weighted by Crippen LogP contribution is -2.25. The van der Waals surface area contributed by atoms with E-state index in [1.807, 2.05) is 0 Å². The molecule has 0 aromatic heterocycles. The predicted molar refractivity (Wildman–Crippen MR) is 56.5 cm³/mol. The summed E-state index contributed by atoms with van der Waals surface area (Å²) in [6.45, 7) is 3.50. The molecule has 0 aromatic rings.